The van der Waals surface area contributed by atoms with E-state index < -0.39 is 0 Å². The summed E-state index contributed by atoms with van der Waals surface area (Å²) in [5.74, 6) is 0.682. The van der Waals surface area contributed by atoms with Gasteiger partial charge in [-0.25, -0.2) is 0 Å². The molecule has 0 aromatic heterocycles. The summed E-state index contributed by atoms with van der Waals surface area (Å²) in [6.45, 7) is 10.8. The Morgan fingerprint density at radius 1 is 1.20 bits per heavy atom. The molecule has 0 aromatic carbocycles. The molecule has 0 aromatic rings. The second-order valence-electron chi connectivity index (χ2n) is 4.96. The summed E-state index contributed by atoms with van der Waals surface area (Å²) < 4.78 is 0. The third-order valence-corrected chi connectivity index (χ3v) is 3.37. The van der Waals surface area contributed by atoms with Crippen molar-refractivity contribution in [3.05, 3.63) is 35.5 Å². The zero-order valence-electron chi connectivity index (χ0n) is 10.5. The van der Waals surface area contributed by atoms with Crippen molar-refractivity contribution in [3.63, 3.8) is 0 Å². The van der Waals surface area contributed by atoms with Crippen molar-refractivity contribution in [1.82, 2.24) is 0 Å². The van der Waals surface area contributed by atoms with E-state index in [1.54, 1.807) is 5.57 Å². The highest BCUT2D eigenvalue weighted by molar-refractivity contribution is 5.09. The normalized spacial score (nSPS) is 31.0. The van der Waals surface area contributed by atoms with Gasteiger partial charge in [-0.1, -0.05) is 35.5 Å². The standard InChI is InChI=1S/C15H24/c1-12(2)15-10-8-13(3)6-5-7-14(4)9-11-15/h6,9,15H,1,5,7-8,10-11H2,2-4H3/b13-6-,14-9-/t15-/m1/s1. The van der Waals surface area contributed by atoms with Crippen LogP contribution in [0.15, 0.2) is 35.5 Å². The molecule has 0 unspecified atom stereocenters. The maximum absolute atomic E-state index is 4.11. The van der Waals surface area contributed by atoms with Crippen LogP contribution in [0.1, 0.15) is 52.9 Å². The maximum atomic E-state index is 4.11. The fourth-order valence-corrected chi connectivity index (χ4v) is 2.06. The Labute approximate surface area is 94.8 Å². The number of allylic oxidation sites excluding steroid dienone is 5. The third-order valence-electron chi connectivity index (χ3n) is 3.37. The Bertz CT molecular complexity index is 278. The molecule has 0 fully saturated rings. The van der Waals surface area contributed by atoms with Crippen LogP contribution in [-0.4, -0.2) is 0 Å². The Kier molecular flexibility index (Phi) is 4.87. The Morgan fingerprint density at radius 2 is 1.87 bits per heavy atom. The second-order valence-corrected chi connectivity index (χ2v) is 4.96. The minimum Gasteiger partial charge on any atom is -0.0998 e. The van der Waals surface area contributed by atoms with Gasteiger partial charge in [0.2, 0.25) is 0 Å². The second kappa shape index (κ2) is 5.95. The van der Waals surface area contributed by atoms with E-state index in [0.29, 0.717) is 5.92 Å². The van der Waals surface area contributed by atoms with Gasteiger partial charge in [0.25, 0.3) is 0 Å². The average molecular weight is 204 g/mol. The first-order valence-electron chi connectivity index (χ1n) is 6.06. The Hall–Kier alpha value is -0.780. The van der Waals surface area contributed by atoms with Crippen molar-refractivity contribution in [2.75, 3.05) is 0 Å². The molecule has 15 heavy (non-hydrogen) atoms. The van der Waals surface area contributed by atoms with Crippen molar-refractivity contribution in [1.29, 1.82) is 0 Å². The van der Waals surface area contributed by atoms with Crippen LogP contribution in [0.4, 0.5) is 0 Å². The summed E-state index contributed by atoms with van der Waals surface area (Å²) in [6, 6.07) is 0. The van der Waals surface area contributed by atoms with Crippen molar-refractivity contribution in [3.8, 4) is 0 Å². The van der Waals surface area contributed by atoms with Gasteiger partial charge in [-0.3, -0.25) is 0 Å². The SMILES string of the molecule is C=C(C)[C@H]1C/C=C(/C)CC/C=C(/C)CC1. The van der Waals surface area contributed by atoms with Gasteiger partial charge >= 0.3 is 0 Å². The lowest BCUT2D eigenvalue weighted by atomic mass is 9.89. The molecular weight excluding hydrogens is 180 g/mol. The van der Waals surface area contributed by atoms with E-state index >= 15 is 0 Å². The molecule has 0 bridgehead atoms. The van der Waals surface area contributed by atoms with E-state index in [1.165, 1.54) is 43.3 Å². The lowest BCUT2D eigenvalue weighted by Crippen LogP contribution is -2.02. The van der Waals surface area contributed by atoms with Crippen LogP contribution < -0.4 is 0 Å². The van der Waals surface area contributed by atoms with Crippen molar-refractivity contribution in [2.24, 2.45) is 5.92 Å². The summed E-state index contributed by atoms with van der Waals surface area (Å²) in [6.07, 6.45) is 10.9. The lowest BCUT2D eigenvalue weighted by Gasteiger charge is -2.17. The first kappa shape index (κ1) is 12.3. The van der Waals surface area contributed by atoms with Crippen molar-refractivity contribution >= 4 is 0 Å². The molecule has 0 amide bonds. The van der Waals surface area contributed by atoms with E-state index in [9.17, 15) is 0 Å². The largest absolute Gasteiger partial charge is 0.0998 e. The first-order valence-corrected chi connectivity index (χ1v) is 6.06. The highest BCUT2D eigenvalue weighted by Crippen LogP contribution is 2.25. The van der Waals surface area contributed by atoms with Crippen LogP contribution in [0.3, 0.4) is 0 Å². The average Bonchev–Trinajstić information content (AvgIpc) is 2.16. The van der Waals surface area contributed by atoms with Crippen LogP contribution in [0.2, 0.25) is 0 Å². The highest BCUT2D eigenvalue weighted by atomic mass is 14.1. The van der Waals surface area contributed by atoms with E-state index in [-0.39, 0.29) is 0 Å². The molecule has 0 spiro atoms. The molecule has 0 N–H and O–H groups in total. The molecule has 84 valence electrons. The van der Waals surface area contributed by atoms with Crippen molar-refractivity contribution < 1.29 is 0 Å². The maximum Gasteiger partial charge on any atom is -0.0171 e. The van der Waals surface area contributed by atoms with Gasteiger partial charge in [-0.2, -0.15) is 0 Å². The van der Waals surface area contributed by atoms with E-state index in [1.807, 2.05) is 0 Å². The van der Waals surface area contributed by atoms with E-state index in [2.05, 4.69) is 39.5 Å². The summed E-state index contributed by atoms with van der Waals surface area (Å²) in [4.78, 5) is 0. The van der Waals surface area contributed by atoms with E-state index in [0.717, 1.165) is 0 Å². The summed E-state index contributed by atoms with van der Waals surface area (Å²) in [5.41, 5.74) is 4.43. The van der Waals surface area contributed by atoms with Crippen LogP contribution in [0.5, 0.6) is 0 Å². The molecule has 1 rings (SSSR count). The van der Waals surface area contributed by atoms with Gasteiger partial charge < -0.3 is 0 Å². The Morgan fingerprint density at radius 3 is 2.53 bits per heavy atom. The predicted octanol–water partition coefficient (Wildman–Crippen LogP) is 5.04. The van der Waals surface area contributed by atoms with Gasteiger partial charge in [0.05, 0.1) is 0 Å². The molecule has 1 atom stereocenters. The number of hydrogen-bond donors (Lipinski definition) is 0. The zero-order chi connectivity index (χ0) is 11.3. The highest BCUT2D eigenvalue weighted by Gasteiger charge is 2.09. The topological polar surface area (TPSA) is 0 Å². The summed E-state index contributed by atoms with van der Waals surface area (Å²) in [7, 11) is 0. The van der Waals surface area contributed by atoms with Crippen LogP contribution in [-0.2, 0) is 0 Å². The molecule has 0 saturated heterocycles. The summed E-state index contributed by atoms with van der Waals surface area (Å²) >= 11 is 0. The fourth-order valence-electron chi connectivity index (χ4n) is 2.06. The van der Waals surface area contributed by atoms with E-state index in [4.69, 9.17) is 0 Å². The van der Waals surface area contributed by atoms with Gasteiger partial charge in [0, 0.05) is 0 Å². The van der Waals surface area contributed by atoms with Crippen LogP contribution in [0, 0.1) is 5.92 Å². The zero-order valence-corrected chi connectivity index (χ0v) is 10.5. The molecule has 1 aliphatic rings. The minimum atomic E-state index is 0.682. The van der Waals surface area contributed by atoms with Crippen molar-refractivity contribution in [2.45, 2.75) is 52.9 Å². The number of rotatable bonds is 1. The lowest BCUT2D eigenvalue weighted by molar-refractivity contribution is 0.562. The molecule has 0 radical (unpaired) electrons. The van der Waals surface area contributed by atoms with Gasteiger partial charge in [-0.15, -0.1) is 0 Å². The predicted molar refractivity (Wildman–Crippen MR) is 68.9 cm³/mol. The fraction of sp³-hybridized carbons (Fsp3) is 0.600. The molecule has 1 aliphatic carbocycles. The monoisotopic (exact) mass is 204 g/mol. The molecule has 0 heterocycles. The Balaban J connectivity index is 2.70. The first-order chi connectivity index (χ1) is 7.09. The molecule has 0 nitrogen and oxygen atoms in total. The van der Waals surface area contributed by atoms with Crippen LogP contribution >= 0.6 is 0 Å². The molecular formula is C15H24. The minimum absolute atomic E-state index is 0.682. The molecule has 0 saturated carbocycles. The molecule has 0 aliphatic heterocycles. The quantitative estimate of drug-likeness (QED) is 0.525. The number of hydrogen-bond acceptors (Lipinski definition) is 0. The van der Waals surface area contributed by atoms with Gasteiger partial charge in [-0.05, 0) is 58.8 Å². The summed E-state index contributed by atoms with van der Waals surface area (Å²) in [5, 5.41) is 0. The van der Waals surface area contributed by atoms with Crippen LogP contribution in [0.25, 0.3) is 0 Å². The molecule has 0 heteroatoms. The van der Waals surface area contributed by atoms with Gasteiger partial charge in [0.1, 0.15) is 0 Å². The smallest absolute Gasteiger partial charge is 0.0171 e. The van der Waals surface area contributed by atoms with Gasteiger partial charge in [0.15, 0.2) is 0 Å². The third kappa shape index (κ3) is 4.51.